The van der Waals surface area contributed by atoms with Crippen LogP contribution in [0.5, 0.6) is 0 Å². The maximum atomic E-state index is 10.9. The largest absolute Gasteiger partial charge is 0.345 e. The molecule has 1 fully saturated rings. The predicted molar refractivity (Wildman–Crippen MR) is 37.9 cm³/mol. The lowest BCUT2D eigenvalue weighted by Crippen LogP contribution is -2.27. The van der Waals surface area contributed by atoms with Crippen molar-refractivity contribution >= 4 is 5.91 Å². The maximum absolute atomic E-state index is 10.9. The van der Waals surface area contributed by atoms with E-state index in [-0.39, 0.29) is 17.9 Å². The first-order valence-electron chi connectivity index (χ1n) is 3.22. The molecule has 3 N–H and O–H groups in total. The number of nitrogens with one attached hydrogen (secondary N) is 1. The minimum absolute atomic E-state index is 0.00884. The molecule has 3 nitrogen and oxygen atoms in total. The van der Waals surface area contributed by atoms with Gasteiger partial charge in [0.2, 0.25) is 5.91 Å². The molecule has 1 amide bonds. The second-order valence-corrected chi connectivity index (χ2v) is 2.43. The van der Waals surface area contributed by atoms with Crippen molar-refractivity contribution in [3.05, 3.63) is 0 Å². The Morgan fingerprint density at radius 2 is 2.50 bits per heavy atom. The van der Waals surface area contributed by atoms with E-state index >= 15 is 0 Å². The van der Waals surface area contributed by atoms with E-state index < -0.39 is 0 Å². The number of terminal acetylenes is 1. The molecule has 2 unspecified atom stereocenters. The zero-order valence-corrected chi connectivity index (χ0v) is 5.63. The maximum Gasteiger partial charge on any atom is 0.225 e. The van der Waals surface area contributed by atoms with Gasteiger partial charge in [0.15, 0.2) is 0 Å². The van der Waals surface area contributed by atoms with Crippen LogP contribution in [-0.4, -0.2) is 18.5 Å². The number of amides is 1. The normalized spacial score (nSPS) is 28.8. The van der Waals surface area contributed by atoms with Gasteiger partial charge in [-0.2, -0.15) is 0 Å². The van der Waals surface area contributed by atoms with Crippen molar-refractivity contribution < 1.29 is 4.79 Å². The van der Waals surface area contributed by atoms with E-state index in [4.69, 9.17) is 12.2 Å². The molecule has 0 spiro atoms. The fraction of sp³-hybridized carbons (Fsp3) is 0.571. The number of carbonyl (C=O) groups is 1. The van der Waals surface area contributed by atoms with Gasteiger partial charge in [0.25, 0.3) is 0 Å². The molecule has 0 bridgehead atoms. The van der Waals surface area contributed by atoms with E-state index in [1.165, 1.54) is 0 Å². The van der Waals surface area contributed by atoms with E-state index in [0.717, 1.165) is 6.42 Å². The van der Waals surface area contributed by atoms with E-state index in [2.05, 4.69) is 11.2 Å². The molecule has 2 atom stereocenters. The Balaban J connectivity index is 2.18. The zero-order chi connectivity index (χ0) is 7.56. The molecule has 0 aromatic heterocycles. The SMILES string of the molecule is C#CCNC(=O)C1CC1N. The van der Waals surface area contributed by atoms with Gasteiger partial charge in [-0.1, -0.05) is 5.92 Å². The molecule has 0 aliphatic heterocycles. The fourth-order valence-corrected chi connectivity index (χ4v) is 0.785. The summed E-state index contributed by atoms with van der Waals surface area (Å²) in [6, 6.07) is 0.0674. The Labute approximate surface area is 60.0 Å². The molecule has 54 valence electrons. The molecule has 1 aliphatic carbocycles. The summed E-state index contributed by atoms with van der Waals surface area (Å²) in [6.07, 6.45) is 5.74. The van der Waals surface area contributed by atoms with Gasteiger partial charge in [0, 0.05) is 6.04 Å². The van der Waals surface area contributed by atoms with Gasteiger partial charge in [-0.05, 0) is 6.42 Å². The Kier molecular flexibility index (Phi) is 1.93. The second kappa shape index (κ2) is 2.72. The Morgan fingerprint density at radius 1 is 1.90 bits per heavy atom. The Morgan fingerprint density at radius 3 is 2.90 bits per heavy atom. The zero-order valence-electron chi connectivity index (χ0n) is 5.63. The number of nitrogens with two attached hydrogens (primary N) is 1. The Bertz CT molecular complexity index is 183. The lowest BCUT2D eigenvalue weighted by molar-refractivity contribution is -0.122. The molecule has 0 aromatic rings. The molecular formula is C7H10N2O. The van der Waals surface area contributed by atoms with Crippen LogP contribution in [0.3, 0.4) is 0 Å². The standard InChI is InChI=1S/C7H10N2O/c1-2-3-9-7(10)5-4-6(5)8/h1,5-6H,3-4,8H2,(H,9,10). The first-order chi connectivity index (χ1) is 4.75. The van der Waals surface area contributed by atoms with Crippen LogP contribution >= 0.6 is 0 Å². The van der Waals surface area contributed by atoms with E-state index in [1.807, 2.05) is 0 Å². The molecule has 1 saturated carbocycles. The molecule has 0 saturated heterocycles. The van der Waals surface area contributed by atoms with Crippen molar-refractivity contribution in [1.82, 2.24) is 5.32 Å². The summed E-state index contributed by atoms with van der Waals surface area (Å²) in [5.74, 6) is 2.34. The number of rotatable bonds is 2. The summed E-state index contributed by atoms with van der Waals surface area (Å²) in [5.41, 5.74) is 5.43. The van der Waals surface area contributed by atoms with Gasteiger partial charge in [0.05, 0.1) is 12.5 Å². The highest BCUT2D eigenvalue weighted by atomic mass is 16.2. The molecule has 0 heterocycles. The first kappa shape index (κ1) is 7.10. The molecule has 3 heteroatoms. The van der Waals surface area contributed by atoms with Crippen LogP contribution < -0.4 is 11.1 Å². The average molecular weight is 138 g/mol. The predicted octanol–water partition coefficient (Wildman–Crippen LogP) is -0.917. The lowest BCUT2D eigenvalue weighted by atomic mass is 10.4. The minimum atomic E-state index is -0.00884. The molecule has 1 rings (SSSR count). The first-order valence-corrected chi connectivity index (χ1v) is 3.22. The number of hydrogen-bond donors (Lipinski definition) is 2. The van der Waals surface area contributed by atoms with E-state index in [9.17, 15) is 4.79 Å². The van der Waals surface area contributed by atoms with Crippen LogP contribution in [0.2, 0.25) is 0 Å². The highest BCUT2D eigenvalue weighted by Gasteiger charge is 2.39. The van der Waals surface area contributed by atoms with E-state index in [1.54, 1.807) is 0 Å². The van der Waals surface area contributed by atoms with Crippen molar-refractivity contribution in [2.45, 2.75) is 12.5 Å². The third-order valence-corrected chi connectivity index (χ3v) is 1.54. The average Bonchev–Trinajstić information content (AvgIpc) is 2.62. The van der Waals surface area contributed by atoms with Crippen LogP contribution in [0.4, 0.5) is 0 Å². The second-order valence-electron chi connectivity index (χ2n) is 2.43. The molecule has 1 aliphatic rings. The summed E-state index contributed by atoms with van der Waals surface area (Å²) in [5, 5.41) is 2.57. The summed E-state index contributed by atoms with van der Waals surface area (Å²) < 4.78 is 0. The van der Waals surface area contributed by atoms with Gasteiger partial charge in [-0.15, -0.1) is 6.42 Å². The Hall–Kier alpha value is -1.01. The van der Waals surface area contributed by atoms with Crippen molar-refractivity contribution in [3.8, 4) is 12.3 Å². The third kappa shape index (κ3) is 1.49. The number of carbonyl (C=O) groups excluding carboxylic acids is 1. The lowest BCUT2D eigenvalue weighted by Gasteiger charge is -1.96. The van der Waals surface area contributed by atoms with Gasteiger partial charge >= 0.3 is 0 Å². The molecular weight excluding hydrogens is 128 g/mol. The van der Waals surface area contributed by atoms with Crippen molar-refractivity contribution in [3.63, 3.8) is 0 Å². The highest BCUT2D eigenvalue weighted by molar-refractivity contribution is 5.82. The summed E-state index contributed by atoms with van der Waals surface area (Å²) >= 11 is 0. The smallest absolute Gasteiger partial charge is 0.225 e. The highest BCUT2D eigenvalue weighted by Crippen LogP contribution is 2.27. The van der Waals surface area contributed by atoms with Crippen LogP contribution in [0.25, 0.3) is 0 Å². The van der Waals surface area contributed by atoms with Crippen LogP contribution in [-0.2, 0) is 4.79 Å². The third-order valence-electron chi connectivity index (χ3n) is 1.54. The van der Waals surface area contributed by atoms with Crippen LogP contribution in [0.15, 0.2) is 0 Å². The quantitative estimate of drug-likeness (QED) is 0.485. The van der Waals surface area contributed by atoms with Crippen molar-refractivity contribution in [1.29, 1.82) is 0 Å². The van der Waals surface area contributed by atoms with Crippen molar-refractivity contribution in [2.24, 2.45) is 11.7 Å². The molecule has 0 radical (unpaired) electrons. The summed E-state index contributed by atoms with van der Waals surface area (Å²) in [6.45, 7) is 0.308. The molecule has 10 heavy (non-hydrogen) atoms. The van der Waals surface area contributed by atoms with Crippen molar-refractivity contribution in [2.75, 3.05) is 6.54 Å². The van der Waals surface area contributed by atoms with Gasteiger partial charge in [-0.3, -0.25) is 4.79 Å². The van der Waals surface area contributed by atoms with Gasteiger partial charge in [0.1, 0.15) is 0 Å². The number of hydrogen-bond acceptors (Lipinski definition) is 2. The van der Waals surface area contributed by atoms with Gasteiger partial charge < -0.3 is 11.1 Å². The summed E-state index contributed by atoms with van der Waals surface area (Å²) in [4.78, 5) is 10.9. The van der Waals surface area contributed by atoms with Crippen LogP contribution in [0, 0.1) is 18.3 Å². The van der Waals surface area contributed by atoms with Gasteiger partial charge in [-0.25, -0.2) is 0 Å². The summed E-state index contributed by atoms with van der Waals surface area (Å²) in [7, 11) is 0. The van der Waals surface area contributed by atoms with Crippen LogP contribution in [0.1, 0.15) is 6.42 Å². The fourth-order valence-electron chi connectivity index (χ4n) is 0.785. The minimum Gasteiger partial charge on any atom is -0.345 e. The van der Waals surface area contributed by atoms with E-state index in [0.29, 0.717) is 6.54 Å². The topological polar surface area (TPSA) is 55.1 Å². The molecule has 0 aromatic carbocycles. The monoisotopic (exact) mass is 138 g/mol.